The maximum absolute atomic E-state index is 11.9. The van der Waals surface area contributed by atoms with Crippen molar-refractivity contribution in [2.24, 2.45) is 5.73 Å². The summed E-state index contributed by atoms with van der Waals surface area (Å²) in [5.41, 5.74) is 7.17. The molecule has 0 unspecified atom stereocenters. The van der Waals surface area contributed by atoms with Crippen molar-refractivity contribution in [2.45, 2.75) is 6.42 Å². The molecule has 2 aromatic rings. The minimum Gasteiger partial charge on any atom is -0.330 e. The number of hydrogen-bond donors (Lipinski definition) is 2. The van der Waals surface area contributed by atoms with E-state index in [9.17, 15) is 4.79 Å². The van der Waals surface area contributed by atoms with Gasteiger partial charge in [-0.05, 0) is 42.8 Å². The molecule has 3 N–H and O–H groups in total. The Hall–Kier alpha value is -2.27. The summed E-state index contributed by atoms with van der Waals surface area (Å²) in [6, 6.07) is 10.8. The second-order valence-corrected chi connectivity index (χ2v) is 3.80. The summed E-state index contributed by atoms with van der Waals surface area (Å²) in [5, 5.41) is 10.2. The van der Waals surface area contributed by atoms with Gasteiger partial charge >= 0.3 is 0 Å². The highest BCUT2D eigenvalue weighted by Crippen LogP contribution is 2.07. The smallest absolute Gasteiger partial charge is 0.256 e. The molecule has 0 aliphatic rings. The first-order chi connectivity index (χ1) is 8.79. The average Bonchev–Trinajstić information content (AvgIpc) is 2.41. The number of hydrogen-bond acceptors (Lipinski definition) is 4. The van der Waals surface area contributed by atoms with Crippen molar-refractivity contribution in [2.75, 3.05) is 11.9 Å². The molecule has 92 valence electrons. The van der Waals surface area contributed by atoms with E-state index >= 15 is 0 Å². The first-order valence-corrected chi connectivity index (χ1v) is 5.67. The highest BCUT2D eigenvalue weighted by atomic mass is 16.1. The topological polar surface area (TPSA) is 80.9 Å². The maximum Gasteiger partial charge on any atom is 0.256 e. The van der Waals surface area contributed by atoms with Crippen LogP contribution in [0.2, 0.25) is 0 Å². The van der Waals surface area contributed by atoms with Crippen LogP contribution in [-0.2, 0) is 6.42 Å². The van der Waals surface area contributed by atoms with Crippen LogP contribution in [0.3, 0.4) is 0 Å². The lowest BCUT2D eigenvalue weighted by Gasteiger charge is -2.04. The third kappa shape index (κ3) is 3.11. The highest BCUT2D eigenvalue weighted by molar-refractivity contribution is 6.03. The van der Waals surface area contributed by atoms with E-state index in [1.54, 1.807) is 30.5 Å². The van der Waals surface area contributed by atoms with Crippen LogP contribution in [0.5, 0.6) is 0 Å². The molecular weight excluding hydrogens is 228 g/mol. The normalized spacial score (nSPS) is 10.1. The Labute approximate surface area is 105 Å². The van der Waals surface area contributed by atoms with Gasteiger partial charge in [-0.2, -0.15) is 5.10 Å². The molecule has 0 saturated carbocycles. The van der Waals surface area contributed by atoms with Gasteiger partial charge in [0, 0.05) is 11.8 Å². The fraction of sp³-hybridized carbons (Fsp3) is 0.154. The van der Waals surface area contributed by atoms with Crippen molar-refractivity contribution in [1.29, 1.82) is 0 Å². The van der Waals surface area contributed by atoms with Crippen molar-refractivity contribution < 1.29 is 4.79 Å². The van der Waals surface area contributed by atoms with Gasteiger partial charge in [0.2, 0.25) is 0 Å². The molecule has 5 heteroatoms. The first kappa shape index (κ1) is 12.2. The van der Waals surface area contributed by atoms with Crippen LogP contribution in [0.15, 0.2) is 42.6 Å². The minimum atomic E-state index is -0.199. The third-order valence-corrected chi connectivity index (χ3v) is 2.46. The van der Waals surface area contributed by atoms with Crippen LogP contribution in [0.1, 0.15) is 15.9 Å². The molecule has 1 aromatic carbocycles. The zero-order chi connectivity index (χ0) is 12.8. The maximum atomic E-state index is 11.9. The molecule has 0 radical (unpaired) electrons. The van der Waals surface area contributed by atoms with E-state index in [-0.39, 0.29) is 5.91 Å². The zero-order valence-corrected chi connectivity index (χ0v) is 9.84. The van der Waals surface area contributed by atoms with E-state index in [4.69, 9.17) is 5.73 Å². The summed E-state index contributed by atoms with van der Waals surface area (Å²) in [7, 11) is 0. The number of carbonyl (C=O) groups excluding carboxylic acids is 1. The van der Waals surface area contributed by atoms with Gasteiger partial charge in [-0.15, -0.1) is 5.10 Å². The molecule has 0 aliphatic heterocycles. The molecule has 1 amide bonds. The summed E-state index contributed by atoms with van der Waals surface area (Å²) in [6.45, 7) is 0.602. The van der Waals surface area contributed by atoms with Crippen molar-refractivity contribution in [3.05, 3.63) is 53.7 Å². The van der Waals surface area contributed by atoms with Crippen molar-refractivity contribution in [1.82, 2.24) is 10.2 Å². The Balaban J connectivity index is 2.05. The highest BCUT2D eigenvalue weighted by Gasteiger charge is 2.06. The van der Waals surface area contributed by atoms with E-state index in [1.807, 2.05) is 12.1 Å². The van der Waals surface area contributed by atoms with Crippen molar-refractivity contribution in [3.63, 3.8) is 0 Å². The van der Waals surface area contributed by atoms with Gasteiger partial charge in [0.25, 0.3) is 5.91 Å². The van der Waals surface area contributed by atoms with Crippen LogP contribution in [0, 0.1) is 0 Å². The quantitative estimate of drug-likeness (QED) is 0.845. The third-order valence-electron chi connectivity index (χ3n) is 2.46. The Bertz CT molecular complexity index is 510. The number of nitrogens with one attached hydrogen (secondary N) is 1. The summed E-state index contributed by atoms with van der Waals surface area (Å²) in [5.74, 6) is 0.239. The standard InChI is InChI=1S/C13H14N4O/c14-8-7-10-3-5-11(6-4-10)13(18)16-12-2-1-9-15-17-12/h1-6,9H,7-8,14H2,(H,16,17,18). The van der Waals surface area contributed by atoms with Gasteiger partial charge in [0.05, 0.1) is 0 Å². The Kier molecular flexibility index (Phi) is 3.98. The lowest BCUT2D eigenvalue weighted by molar-refractivity contribution is 0.102. The number of benzene rings is 1. The predicted octanol–water partition coefficient (Wildman–Crippen LogP) is 1.23. The molecule has 0 spiro atoms. The van der Waals surface area contributed by atoms with Gasteiger partial charge in [0.15, 0.2) is 5.82 Å². The van der Waals surface area contributed by atoms with Gasteiger partial charge in [-0.1, -0.05) is 12.1 Å². The summed E-state index contributed by atoms with van der Waals surface area (Å²) in [4.78, 5) is 11.9. The molecule has 0 fully saturated rings. The van der Waals surface area contributed by atoms with Gasteiger partial charge in [-0.25, -0.2) is 0 Å². The Morgan fingerprint density at radius 1 is 1.22 bits per heavy atom. The van der Waals surface area contributed by atoms with Crippen LogP contribution < -0.4 is 11.1 Å². The van der Waals surface area contributed by atoms with E-state index in [1.165, 1.54) is 0 Å². The van der Waals surface area contributed by atoms with E-state index in [0.717, 1.165) is 12.0 Å². The number of rotatable bonds is 4. The summed E-state index contributed by atoms with van der Waals surface area (Å²) >= 11 is 0. The molecular formula is C13H14N4O. The van der Waals surface area contributed by atoms with Gasteiger partial charge in [-0.3, -0.25) is 4.79 Å². The molecule has 2 rings (SSSR count). The average molecular weight is 242 g/mol. The van der Waals surface area contributed by atoms with Crippen molar-refractivity contribution in [3.8, 4) is 0 Å². The van der Waals surface area contributed by atoms with Crippen LogP contribution >= 0.6 is 0 Å². The van der Waals surface area contributed by atoms with Crippen molar-refractivity contribution >= 4 is 11.7 Å². The molecule has 0 aliphatic carbocycles. The molecule has 18 heavy (non-hydrogen) atoms. The minimum absolute atomic E-state index is 0.199. The van der Waals surface area contributed by atoms with E-state index in [0.29, 0.717) is 17.9 Å². The van der Waals surface area contributed by atoms with E-state index in [2.05, 4.69) is 15.5 Å². The number of carbonyl (C=O) groups is 1. The second kappa shape index (κ2) is 5.88. The number of aromatic nitrogens is 2. The lowest BCUT2D eigenvalue weighted by atomic mass is 10.1. The van der Waals surface area contributed by atoms with Crippen LogP contribution in [0.25, 0.3) is 0 Å². The molecule has 5 nitrogen and oxygen atoms in total. The number of nitrogens with zero attached hydrogens (tertiary/aromatic N) is 2. The number of anilines is 1. The fourth-order valence-electron chi connectivity index (χ4n) is 1.55. The SMILES string of the molecule is NCCc1ccc(C(=O)Nc2cccnn2)cc1. The summed E-state index contributed by atoms with van der Waals surface area (Å²) in [6.07, 6.45) is 2.36. The second-order valence-electron chi connectivity index (χ2n) is 3.80. The first-order valence-electron chi connectivity index (χ1n) is 5.67. The van der Waals surface area contributed by atoms with Gasteiger partial charge in [0.1, 0.15) is 0 Å². The van der Waals surface area contributed by atoms with E-state index < -0.39 is 0 Å². The zero-order valence-electron chi connectivity index (χ0n) is 9.84. The van der Waals surface area contributed by atoms with Gasteiger partial charge < -0.3 is 11.1 Å². The fourth-order valence-corrected chi connectivity index (χ4v) is 1.55. The molecule has 1 heterocycles. The largest absolute Gasteiger partial charge is 0.330 e. The molecule has 0 atom stereocenters. The van der Waals surface area contributed by atoms with Crippen LogP contribution in [0.4, 0.5) is 5.82 Å². The Morgan fingerprint density at radius 3 is 2.61 bits per heavy atom. The molecule has 0 saturated heterocycles. The van der Waals surface area contributed by atoms with Crippen LogP contribution in [-0.4, -0.2) is 22.6 Å². The number of amides is 1. The Morgan fingerprint density at radius 2 is 2.00 bits per heavy atom. The summed E-state index contributed by atoms with van der Waals surface area (Å²) < 4.78 is 0. The molecule has 0 bridgehead atoms. The monoisotopic (exact) mass is 242 g/mol. The predicted molar refractivity (Wildman–Crippen MR) is 69.2 cm³/mol. The molecule has 1 aromatic heterocycles. The lowest BCUT2D eigenvalue weighted by Crippen LogP contribution is -2.13. The number of nitrogens with two attached hydrogens (primary N) is 1.